The number of pyridine rings is 1. The third-order valence-electron chi connectivity index (χ3n) is 6.94. The van der Waals surface area contributed by atoms with Gasteiger partial charge in [0, 0.05) is 43.4 Å². The zero-order valence-electron chi connectivity index (χ0n) is 17.5. The lowest BCUT2D eigenvalue weighted by molar-refractivity contribution is -0.133. The largest absolute Gasteiger partial charge is 0.341 e. The predicted molar refractivity (Wildman–Crippen MR) is 110 cm³/mol. The molecule has 0 aromatic carbocycles. The highest BCUT2D eigenvalue weighted by molar-refractivity contribution is 5.78. The summed E-state index contributed by atoms with van der Waals surface area (Å²) < 4.78 is 6.71. The Morgan fingerprint density at radius 3 is 2.73 bits per heavy atom. The highest BCUT2D eigenvalue weighted by Gasteiger charge is 2.37. The summed E-state index contributed by atoms with van der Waals surface area (Å²) in [4.78, 5) is 30.4. The monoisotopic (exact) mass is 411 g/mol. The number of amides is 1. The molecule has 0 unspecified atom stereocenters. The van der Waals surface area contributed by atoms with E-state index in [0.29, 0.717) is 36.9 Å². The van der Waals surface area contributed by atoms with E-state index >= 15 is 0 Å². The molecule has 160 valence electrons. The Balaban J connectivity index is 1.32. The van der Waals surface area contributed by atoms with Gasteiger partial charge in [-0.1, -0.05) is 22.8 Å². The van der Waals surface area contributed by atoms with Gasteiger partial charge in [0.15, 0.2) is 0 Å². The van der Waals surface area contributed by atoms with Gasteiger partial charge in [0.1, 0.15) is 11.4 Å². The Morgan fingerprint density at radius 1 is 1.13 bits per heavy atom. The molecule has 8 nitrogen and oxygen atoms in total. The summed E-state index contributed by atoms with van der Waals surface area (Å²) in [5.41, 5.74) is 3.42. The highest BCUT2D eigenvalue weighted by atomic mass is 16.6. The number of aryl methyl sites for hydroxylation is 1. The number of carbonyl (C=O) groups excluding carboxylic acids is 1. The molecular weight excluding hydrogens is 382 g/mol. The van der Waals surface area contributed by atoms with Crippen LogP contribution >= 0.6 is 0 Å². The van der Waals surface area contributed by atoms with Crippen LogP contribution in [0.3, 0.4) is 0 Å². The molecule has 0 spiro atoms. The molecule has 5 rings (SSSR count). The third kappa shape index (κ3) is 3.69. The van der Waals surface area contributed by atoms with Gasteiger partial charge in [0.25, 0.3) is 5.56 Å². The molecule has 0 N–H and O–H groups in total. The lowest BCUT2D eigenvalue weighted by atomic mass is 9.82. The Labute approximate surface area is 175 Å². The summed E-state index contributed by atoms with van der Waals surface area (Å²) in [7, 11) is 0. The Morgan fingerprint density at radius 2 is 1.97 bits per heavy atom. The van der Waals surface area contributed by atoms with Crippen LogP contribution in [0.4, 0.5) is 0 Å². The summed E-state index contributed by atoms with van der Waals surface area (Å²) in [6.07, 6.45) is 5.01. The van der Waals surface area contributed by atoms with Crippen molar-refractivity contribution in [3.8, 4) is 0 Å². The molecule has 2 aromatic heterocycles. The van der Waals surface area contributed by atoms with Crippen LogP contribution in [-0.2, 0) is 24.3 Å². The summed E-state index contributed by atoms with van der Waals surface area (Å²) in [6, 6.07) is 4.15. The molecule has 2 aromatic rings. The average molecular weight is 412 g/mol. The maximum Gasteiger partial charge on any atom is 0.255 e. The number of aromatic nitrogens is 3. The summed E-state index contributed by atoms with van der Waals surface area (Å²) in [6.45, 7) is 6.78. The second-order valence-electron chi connectivity index (χ2n) is 9.11. The van der Waals surface area contributed by atoms with Crippen LogP contribution < -0.4 is 5.56 Å². The Bertz CT molecular complexity index is 991. The van der Waals surface area contributed by atoms with Crippen LogP contribution in [0.25, 0.3) is 0 Å². The van der Waals surface area contributed by atoms with Crippen LogP contribution in [0, 0.1) is 12.8 Å². The quantitative estimate of drug-likeness (QED) is 0.762. The van der Waals surface area contributed by atoms with Crippen molar-refractivity contribution in [1.29, 1.82) is 0 Å². The van der Waals surface area contributed by atoms with Crippen molar-refractivity contribution >= 4 is 5.91 Å². The van der Waals surface area contributed by atoms with Crippen LogP contribution in [0.15, 0.2) is 21.6 Å². The van der Waals surface area contributed by atoms with Gasteiger partial charge < -0.3 is 9.47 Å². The van der Waals surface area contributed by atoms with Gasteiger partial charge in [-0.3, -0.25) is 14.5 Å². The first-order valence-electron chi connectivity index (χ1n) is 11.1. The van der Waals surface area contributed by atoms with E-state index in [9.17, 15) is 9.59 Å². The van der Waals surface area contributed by atoms with Gasteiger partial charge in [-0.2, -0.15) is 0 Å². The maximum absolute atomic E-state index is 13.2. The second kappa shape index (κ2) is 7.98. The SMILES string of the molecule is Cc1nonc1CC(=O)N1C[C@@H]2C[C@H](C1)c1ccc(CN3CCCCC3)c(=O)n1C2. The number of rotatable bonds is 4. The van der Waals surface area contributed by atoms with Gasteiger partial charge in [-0.15, -0.1) is 0 Å². The van der Waals surface area contributed by atoms with E-state index in [2.05, 4.69) is 21.3 Å². The number of likely N-dealkylation sites (tertiary alicyclic amines) is 2. The minimum Gasteiger partial charge on any atom is -0.341 e. The number of nitrogens with zero attached hydrogens (tertiary/aromatic N) is 5. The number of hydrogen-bond acceptors (Lipinski definition) is 6. The molecule has 1 amide bonds. The molecule has 2 atom stereocenters. The van der Waals surface area contributed by atoms with Gasteiger partial charge >= 0.3 is 0 Å². The molecule has 30 heavy (non-hydrogen) atoms. The molecule has 2 fully saturated rings. The minimum absolute atomic E-state index is 0.0565. The Kier molecular flexibility index (Phi) is 5.18. The van der Waals surface area contributed by atoms with Crippen molar-refractivity contribution in [3.05, 3.63) is 45.1 Å². The maximum atomic E-state index is 13.2. The number of hydrogen-bond donors (Lipinski definition) is 0. The first-order valence-corrected chi connectivity index (χ1v) is 11.1. The van der Waals surface area contributed by atoms with Crippen molar-refractivity contribution in [2.75, 3.05) is 26.2 Å². The molecule has 0 saturated carbocycles. The fourth-order valence-corrected chi connectivity index (χ4v) is 5.34. The van der Waals surface area contributed by atoms with E-state index in [4.69, 9.17) is 4.63 Å². The van der Waals surface area contributed by atoms with Crippen LogP contribution in [-0.4, -0.2) is 56.8 Å². The molecule has 8 heteroatoms. The van der Waals surface area contributed by atoms with Crippen LogP contribution in [0.2, 0.25) is 0 Å². The van der Waals surface area contributed by atoms with E-state index in [1.54, 1.807) is 6.92 Å². The minimum atomic E-state index is 0.0565. The second-order valence-corrected chi connectivity index (χ2v) is 9.11. The first kappa shape index (κ1) is 19.5. The third-order valence-corrected chi connectivity index (χ3v) is 6.94. The first-order chi connectivity index (χ1) is 14.6. The summed E-state index contributed by atoms with van der Waals surface area (Å²) in [5, 5.41) is 7.61. The number of carbonyl (C=O) groups is 1. The normalized spacial score (nSPS) is 24.0. The van der Waals surface area contributed by atoms with Crippen molar-refractivity contribution in [2.24, 2.45) is 5.92 Å². The number of fused-ring (bicyclic) bond motifs is 4. The average Bonchev–Trinajstić information content (AvgIpc) is 3.15. The summed E-state index contributed by atoms with van der Waals surface area (Å²) >= 11 is 0. The predicted octanol–water partition coefficient (Wildman–Crippen LogP) is 1.71. The van der Waals surface area contributed by atoms with Crippen molar-refractivity contribution in [1.82, 2.24) is 24.7 Å². The fraction of sp³-hybridized carbons (Fsp3) is 0.636. The van der Waals surface area contributed by atoms with E-state index in [-0.39, 0.29) is 23.8 Å². The number of piperidine rings is 2. The smallest absolute Gasteiger partial charge is 0.255 e. The lowest BCUT2D eigenvalue weighted by Gasteiger charge is -2.43. The van der Waals surface area contributed by atoms with E-state index < -0.39 is 0 Å². The van der Waals surface area contributed by atoms with Crippen molar-refractivity contribution in [2.45, 2.75) is 58.0 Å². The van der Waals surface area contributed by atoms with Crippen molar-refractivity contribution in [3.63, 3.8) is 0 Å². The van der Waals surface area contributed by atoms with Gasteiger partial charge in [0.05, 0.1) is 6.42 Å². The zero-order valence-corrected chi connectivity index (χ0v) is 17.5. The van der Waals surface area contributed by atoms with E-state index in [0.717, 1.165) is 37.3 Å². The molecule has 2 bridgehead atoms. The highest BCUT2D eigenvalue weighted by Crippen LogP contribution is 2.35. The molecule has 3 aliphatic heterocycles. The lowest BCUT2D eigenvalue weighted by Crippen LogP contribution is -2.50. The molecule has 3 aliphatic rings. The molecule has 2 saturated heterocycles. The van der Waals surface area contributed by atoms with Gasteiger partial charge in [0.2, 0.25) is 5.91 Å². The molecular formula is C22H29N5O3. The molecule has 0 aliphatic carbocycles. The summed E-state index contributed by atoms with van der Waals surface area (Å²) in [5.74, 6) is 0.593. The van der Waals surface area contributed by atoms with Gasteiger partial charge in [-0.05, 0) is 51.3 Å². The standard InChI is InChI=1S/C22H29N5O3/c1-15-19(24-30-23-15)10-21(28)26-11-16-9-18(14-26)20-6-5-17(22(29)27(20)12-16)13-25-7-3-2-4-8-25/h5-6,16,18H,2-4,7-14H2,1H3/t16-,18+/m0/s1. The van der Waals surface area contributed by atoms with Gasteiger partial charge in [-0.25, -0.2) is 4.63 Å². The Hall–Kier alpha value is -2.48. The van der Waals surface area contributed by atoms with Crippen LogP contribution in [0.1, 0.15) is 54.2 Å². The zero-order chi connectivity index (χ0) is 20.7. The van der Waals surface area contributed by atoms with Crippen LogP contribution in [0.5, 0.6) is 0 Å². The van der Waals surface area contributed by atoms with E-state index in [1.807, 2.05) is 15.5 Å². The molecule has 0 radical (unpaired) electrons. The molecule has 5 heterocycles. The fourth-order valence-electron chi connectivity index (χ4n) is 5.34. The topological polar surface area (TPSA) is 84.5 Å². The van der Waals surface area contributed by atoms with E-state index in [1.165, 1.54) is 19.3 Å². The van der Waals surface area contributed by atoms with Crippen molar-refractivity contribution < 1.29 is 9.42 Å².